The Bertz CT molecular complexity index is 986. The average Bonchev–Trinajstić information content (AvgIpc) is 3.11. The normalized spacial score (nSPS) is 11.7. The number of fused-ring (bicyclic) bond motifs is 1. The van der Waals surface area contributed by atoms with Crippen LogP contribution >= 0.6 is 0 Å². The second-order valence-corrected chi connectivity index (χ2v) is 6.51. The lowest BCUT2D eigenvalue weighted by molar-refractivity contribution is 0.304. The minimum atomic E-state index is -0.715. The second-order valence-electron chi connectivity index (χ2n) is 6.51. The van der Waals surface area contributed by atoms with Crippen LogP contribution in [0.5, 0.6) is 5.75 Å². The third kappa shape index (κ3) is 5.66. The van der Waals surface area contributed by atoms with Crippen LogP contribution in [0.25, 0.3) is 5.65 Å². The molecule has 0 saturated carbocycles. The number of aliphatic imine (C=N–C) groups is 1. The van der Waals surface area contributed by atoms with Crippen LogP contribution < -0.4 is 15.4 Å². The van der Waals surface area contributed by atoms with E-state index in [9.17, 15) is 8.78 Å². The predicted molar refractivity (Wildman–Crippen MR) is 109 cm³/mol. The van der Waals surface area contributed by atoms with Crippen molar-refractivity contribution in [3.05, 3.63) is 65.6 Å². The number of imidazole rings is 1. The summed E-state index contributed by atoms with van der Waals surface area (Å²) < 4.78 is 33.8. The van der Waals surface area contributed by atoms with Crippen molar-refractivity contribution < 1.29 is 13.5 Å². The molecule has 6 nitrogen and oxygen atoms in total. The molecule has 0 aliphatic carbocycles. The molecule has 2 N–H and O–H groups in total. The van der Waals surface area contributed by atoms with Crippen molar-refractivity contribution in [2.75, 3.05) is 26.2 Å². The van der Waals surface area contributed by atoms with Gasteiger partial charge in [-0.3, -0.25) is 4.99 Å². The number of benzene rings is 1. The molecule has 2 heterocycles. The smallest absolute Gasteiger partial charge is 0.191 e. The highest BCUT2D eigenvalue weighted by Crippen LogP contribution is 2.17. The molecule has 3 rings (SSSR count). The molecule has 0 unspecified atom stereocenters. The number of hydrogen-bond acceptors (Lipinski definition) is 3. The van der Waals surface area contributed by atoms with Gasteiger partial charge in [0, 0.05) is 38.0 Å². The molecule has 0 radical (unpaired) electrons. The summed E-state index contributed by atoms with van der Waals surface area (Å²) in [6.45, 7) is 5.96. The first-order chi connectivity index (χ1) is 14.1. The maximum absolute atomic E-state index is 13.6. The zero-order chi connectivity index (χ0) is 20.6. The van der Waals surface area contributed by atoms with Crippen molar-refractivity contribution in [2.45, 2.75) is 20.3 Å². The van der Waals surface area contributed by atoms with Crippen molar-refractivity contribution in [3.8, 4) is 5.75 Å². The summed E-state index contributed by atoms with van der Waals surface area (Å²) in [5.41, 5.74) is 3.07. The second kappa shape index (κ2) is 9.86. The lowest BCUT2D eigenvalue weighted by Crippen LogP contribution is -2.39. The minimum absolute atomic E-state index is 0.0253. The maximum atomic E-state index is 13.6. The maximum Gasteiger partial charge on any atom is 0.191 e. The Balaban J connectivity index is 1.49. The Morgan fingerprint density at radius 3 is 2.86 bits per heavy atom. The van der Waals surface area contributed by atoms with E-state index in [-0.39, 0.29) is 12.4 Å². The van der Waals surface area contributed by atoms with Crippen LogP contribution in [0.15, 0.2) is 47.7 Å². The number of pyridine rings is 1. The third-order valence-corrected chi connectivity index (χ3v) is 4.26. The number of rotatable bonds is 8. The van der Waals surface area contributed by atoms with E-state index < -0.39 is 11.6 Å². The molecule has 1 aromatic carbocycles. The van der Waals surface area contributed by atoms with Crippen molar-refractivity contribution in [1.29, 1.82) is 0 Å². The Labute approximate surface area is 168 Å². The topological polar surface area (TPSA) is 63.0 Å². The Hall–Kier alpha value is -3.16. The predicted octanol–water partition coefficient (Wildman–Crippen LogP) is 3.10. The molecule has 29 heavy (non-hydrogen) atoms. The van der Waals surface area contributed by atoms with E-state index in [1.165, 1.54) is 6.07 Å². The number of aromatic nitrogens is 2. The van der Waals surface area contributed by atoms with Crippen LogP contribution in [-0.2, 0) is 6.42 Å². The largest absolute Gasteiger partial charge is 0.489 e. The standard InChI is InChI=1S/C21H25F2N5O/c1-3-24-21(26-10-12-29-19-7-6-16(22)13-18(19)23)25-9-8-17-14-28-11-4-5-15(2)20(28)27-17/h4-7,11,13-14H,3,8-10,12H2,1-2H3,(H2,24,25,26). The van der Waals surface area contributed by atoms with Gasteiger partial charge in [-0.25, -0.2) is 13.8 Å². The quantitative estimate of drug-likeness (QED) is 0.346. The summed E-state index contributed by atoms with van der Waals surface area (Å²) in [5.74, 6) is -0.670. The molecule has 0 aliphatic rings. The van der Waals surface area contributed by atoms with Gasteiger partial charge in [0.25, 0.3) is 0 Å². The molecular weight excluding hydrogens is 376 g/mol. The summed E-state index contributed by atoms with van der Waals surface area (Å²) in [6, 6.07) is 7.28. The first kappa shape index (κ1) is 20.6. The number of hydrogen-bond donors (Lipinski definition) is 2. The van der Waals surface area contributed by atoms with Crippen molar-refractivity contribution in [2.24, 2.45) is 4.99 Å². The fourth-order valence-electron chi connectivity index (χ4n) is 2.87. The number of nitrogens with one attached hydrogen (secondary N) is 2. The zero-order valence-electron chi connectivity index (χ0n) is 16.6. The molecule has 0 amide bonds. The lowest BCUT2D eigenvalue weighted by atomic mass is 10.3. The van der Waals surface area contributed by atoms with Crippen molar-refractivity contribution >= 4 is 11.6 Å². The van der Waals surface area contributed by atoms with Crippen LogP contribution in [0.3, 0.4) is 0 Å². The van der Waals surface area contributed by atoms with Crippen LogP contribution in [0.4, 0.5) is 8.78 Å². The van der Waals surface area contributed by atoms with E-state index in [0.717, 1.165) is 35.5 Å². The number of ether oxygens (including phenoxy) is 1. The summed E-state index contributed by atoms with van der Waals surface area (Å²) in [7, 11) is 0. The first-order valence-corrected chi connectivity index (χ1v) is 9.60. The highest BCUT2D eigenvalue weighted by molar-refractivity contribution is 5.79. The molecule has 0 saturated heterocycles. The Morgan fingerprint density at radius 2 is 2.10 bits per heavy atom. The monoisotopic (exact) mass is 401 g/mol. The van der Waals surface area contributed by atoms with E-state index in [2.05, 4.69) is 20.6 Å². The number of halogens is 2. The lowest BCUT2D eigenvalue weighted by Gasteiger charge is -2.12. The summed E-state index contributed by atoms with van der Waals surface area (Å²) in [5, 5.41) is 6.29. The SMILES string of the molecule is CCNC(=NCCc1cn2cccc(C)c2n1)NCCOc1ccc(F)cc1F. The molecule has 0 aliphatic heterocycles. The van der Waals surface area contributed by atoms with E-state index in [1.54, 1.807) is 0 Å². The molecule has 3 aromatic rings. The van der Waals surface area contributed by atoms with E-state index in [0.29, 0.717) is 25.6 Å². The fourth-order valence-corrected chi connectivity index (χ4v) is 2.87. The van der Waals surface area contributed by atoms with Gasteiger partial charge in [-0.05, 0) is 37.6 Å². The third-order valence-electron chi connectivity index (χ3n) is 4.26. The molecule has 0 bridgehead atoms. The van der Waals surface area contributed by atoms with Crippen molar-refractivity contribution in [1.82, 2.24) is 20.0 Å². The first-order valence-electron chi connectivity index (χ1n) is 9.60. The Kier molecular flexibility index (Phi) is 6.99. The molecular formula is C21H25F2N5O. The van der Waals surface area contributed by atoms with Gasteiger partial charge in [0.05, 0.1) is 12.2 Å². The van der Waals surface area contributed by atoms with Gasteiger partial charge < -0.3 is 19.8 Å². The van der Waals surface area contributed by atoms with Gasteiger partial charge >= 0.3 is 0 Å². The van der Waals surface area contributed by atoms with Crippen molar-refractivity contribution in [3.63, 3.8) is 0 Å². The highest BCUT2D eigenvalue weighted by atomic mass is 19.1. The van der Waals surface area contributed by atoms with Gasteiger partial charge in [-0.15, -0.1) is 0 Å². The number of aryl methyl sites for hydroxylation is 1. The van der Waals surface area contributed by atoms with Gasteiger partial charge in [-0.1, -0.05) is 6.07 Å². The fraction of sp³-hybridized carbons (Fsp3) is 0.333. The highest BCUT2D eigenvalue weighted by Gasteiger charge is 2.06. The molecule has 0 atom stereocenters. The number of guanidine groups is 1. The zero-order valence-corrected chi connectivity index (χ0v) is 16.6. The summed E-state index contributed by atoms with van der Waals surface area (Å²) in [4.78, 5) is 9.19. The van der Waals surface area contributed by atoms with E-state index in [1.807, 2.05) is 42.8 Å². The number of nitrogens with zero attached hydrogens (tertiary/aromatic N) is 3. The molecule has 0 fully saturated rings. The van der Waals surface area contributed by atoms with E-state index in [4.69, 9.17) is 4.74 Å². The average molecular weight is 401 g/mol. The van der Waals surface area contributed by atoms with Gasteiger partial charge in [0.1, 0.15) is 18.1 Å². The Morgan fingerprint density at radius 1 is 1.24 bits per heavy atom. The molecule has 2 aromatic heterocycles. The van der Waals surface area contributed by atoms with Crippen LogP contribution in [0.2, 0.25) is 0 Å². The van der Waals surface area contributed by atoms with Crippen LogP contribution in [0, 0.1) is 18.6 Å². The van der Waals surface area contributed by atoms with Gasteiger partial charge in [0.2, 0.25) is 0 Å². The summed E-state index contributed by atoms with van der Waals surface area (Å²) >= 11 is 0. The summed E-state index contributed by atoms with van der Waals surface area (Å²) in [6.07, 6.45) is 4.72. The van der Waals surface area contributed by atoms with Gasteiger partial charge in [0.15, 0.2) is 17.5 Å². The van der Waals surface area contributed by atoms with E-state index >= 15 is 0 Å². The van der Waals surface area contributed by atoms with Crippen LogP contribution in [0.1, 0.15) is 18.2 Å². The minimum Gasteiger partial charge on any atom is -0.489 e. The van der Waals surface area contributed by atoms with Crippen LogP contribution in [-0.4, -0.2) is 41.6 Å². The van der Waals surface area contributed by atoms with Gasteiger partial charge in [-0.2, -0.15) is 0 Å². The molecule has 8 heteroatoms. The molecule has 154 valence electrons. The molecule has 0 spiro atoms.